The number of aromatic nitrogens is 3. The maximum Gasteiger partial charge on any atom is 0.433 e. The van der Waals surface area contributed by atoms with E-state index in [4.69, 9.17) is 0 Å². The Morgan fingerprint density at radius 3 is 2.50 bits per heavy atom. The van der Waals surface area contributed by atoms with Crippen LogP contribution in [0, 0.1) is 0 Å². The molecule has 4 nitrogen and oxygen atoms in total. The van der Waals surface area contributed by atoms with Crippen LogP contribution in [0.4, 0.5) is 13.2 Å². The molecule has 1 aromatic carbocycles. The summed E-state index contributed by atoms with van der Waals surface area (Å²) in [6.45, 7) is 2.02. The van der Waals surface area contributed by atoms with E-state index in [1.807, 2.05) is 31.2 Å². The van der Waals surface area contributed by atoms with E-state index in [0.29, 0.717) is 11.1 Å². The zero-order valence-corrected chi connectivity index (χ0v) is 12.2. The van der Waals surface area contributed by atoms with Gasteiger partial charge >= 0.3 is 6.18 Å². The molecule has 0 bridgehead atoms. The van der Waals surface area contributed by atoms with Gasteiger partial charge in [-0.05, 0) is 12.0 Å². The van der Waals surface area contributed by atoms with Gasteiger partial charge in [0.15, 0.2) is 5.69 Å². The molecule has 0 aliphatic carbocycles. The topological polar surface area (TPSA) is 47.3 Å². The molecule has 8 heteroatoms. The fourth-order valence-corrected chi connectivity index (χ4v) is 2.87. The van der Waals surface area contributed by atoms with E-state index in [1.54, 1.807) is 0 Å². The fourth-order valence-electron chi connectivity index (χ4n) is 1.96. The predicted octanol–water partition coefficient (Wildman–Crippen LogP) is 3.40. The van der Waals surface area contributed by atoms with E-state index in [9.17, 15) is 18.0 Å². The van der Waals surface area contributed by atoms with Gasteiger partial charge in [-0.1, -0.05) is 42.5 Å². The highest BCUT2D eigenvalue weighted by Gasteiger charge is 2.34. The number of hydrogen-bond donors (Lipinski definition) is 0. The number of halogens is 3. The van der Waals surface area contributed by atoms with Crippen molar-refractivity contribution in [2.45, 2.75) is 19.5 Å². The summed E-state index contributed by atoms with van der Waals surface area (Å²) in [5.41, 5.74) is -0.167. The van der Waals surface area contributed by atoms with Gasteiger partial charge in [0.1, 0.15) is 5.01 Å². The Hall–Kier alpha value is -2.22. The SMILES string of the molecule is CCc1ccc(-c2nn3c(=O)cc(C(F)(F)F)nc3s2)cc1. The lowest BCUT2D eigenvalue weighted by molar-refractivity contribution is -0.141. The van der Waals surface area contributed by atoms with Crippen molar-refractivity contribution in [3.05, 3.63) is 51.9 Å². The average molecular weight is 325 g/mol. The van der Waals surface area contributed by atoms with E-state index >= 15 is 0 Å². The summed E-state index contributed by atoms with van der Waals surface area (Å²) >= 11 is 0.949. The molecular weight excluding hydrogens is 315 g/mol. The summed E-state index contributed by atoms with van der Waals surface area (Å²) in [6.07, 6.45) is -3.77. The summed E-state index contributed by atoms with van der Waals surface area (Å²) in [5, 5.41) is 4.50. The largest absolute Gasteiger partial charge is 0.433 e. The first kappa shape index (κ1) is 14.7. The first-order chi connectivity index (χ1) is 10.4. The van der Waals surface area contributed by atoms with Crippen LogP contribution >= 0.6 is 11.3 Å². The smallest absolute Gasteiger partial charge is 0.267 e. The van der Waals surface area contributed by atoms with E-state index in [-0.39, 0.29) is 4.96 Å². The number of hydrogen-bond acceptors (Lipinski definition) is 4. The molecule has 0 radical (unpaired) electrons. The Morgan fingerprint density at radius 1 is 1.23 bits per heavy atom. The van der Waals surface area contributed by atoms with E-state index in [2.05, 4.69) is 10.1 Å². The van der Waals surface area contributed by atoms with Crippen molar-refractivity contribution in [3.8, 4) is 10.6 Å². The fraction of sp³-hybridized carbons (Fsp3) is 0.214. The van der Waals surface area contributed by atoms with E-state index in [0.717, 1.165) is 33.4 Å². The zero-order valence-electron chi connectivity index (χ0n) is 11.4. The standard InChI is InChI=1S/C14H10F3N3OS/c1-2-8-3-5-9(6-4-8)12-19-20-11(21)7-10(14(15,16)17)18-13(20)22-12/h3-7H,2H2,1H3. The van der Waals surface area contributed by atoms with Crippen molar-refractivity contribution < 1.29 is 13.2 Å². The Morgan fingerprint density at radius 2 is 1.91 bits per heavy atom. The van der Waals surface area contributed by atoms with Crippen molar-refractivity contribution in [2.24, 2.45) is 0 Å². The van der Waals surface area contributed by atoms with Gasteiger partial charge in [0.05, 0.1) is 0 Å². The molecule has 0 fully saturated rings. The summed E-state index contributed by atoms with van der Waals surface area (Å²) in [4.78, 5) is 15.2. The van der Waals surface area contributed by atoms with Crippen LogP contribution in [0.1, 0.15) is 18.2 Å². The van der Waals surface area contributed by atoms with Crippen LogP contribution in [0.5, 0.6) is 0 Å². The van der Waals surface area contributed by atoms with Gasteiger partial charge in [0, 0.05) is 11.6 Å². The number of alkyl halides is 3. The maximum absolute atomic E-state index is 12.7. The molecule has 0 N–H and O–H groups in total. The lowest BCUT2D eigenvalue weighted by Crippen LogP contribution is -2.19. The van der Waals surface area contributed by atoms with Crippen molar-refractivity contribution >= 4 is 16.3 Å². The molecule has 114 valence electrons. The zero-order chi connectivity index (χ0) is 15.9. The summed E-state index contributed by atoms with van der Waals surface area (Å²) in [6, 6.07) is 7.94. The summed E-state index contributed by atoms with van der Waals surface area (Å²) in [5.74, 6) is 0. The lowest BCUT2D eigenvalue weighted by Gasteiger charge is -2.03. The van der Waals surface area contributed by atoms with Crippen LogP contribution in [0.15, 0.2) is 35.1 Å². The van der Waals surface area contributed by atoms with Crippen LogP contribution in [0.2, 0.25) is 0 Å². The number of benzene rings is 1. The van der Waals surface area contributed by atoms with Crippen LogP contribution in [-0.4, -0.2) is 14.6 Å². The Bertz CT molecular complexity index is 881. The van der Waals surface area contributed by atoms with Gasteiger partial charge in [-0.15, -0.1) is 0 Å². The second-order valence-corrected chi connectivity index (χ2v) is 5.59. The average Bonchev–Trinajstić information content (AvgIpc) is 2.91. The van der Waals surface area contributed by atoms with Crippen LogP contribution < -0.4 is 5.56 Å². The Balaban J connectivity index is 2.13. The highest BCUT2D eigenvalue weighted by molar-refractivity contribution is 7.19. The molecule has 22 heavy (non-hydrogen) atoms. The monoisotopic (exact) mass is 325 g/mol. The quantitative estimate of drug-likeness (QED) is 0.725. The molecule has 0 saturated heterocycles. The Kier molecular flexibility index (Phi) is 3.48. The normalized spacial score (nSPS) is 12.0. The van der Waals surface area contributed by atoms with Crippen molar-refractivity contribution in [1.29, 1.82) is 0 Å². The van der Waals surface area contributed by atoms with Gasteiger partial charge < -0.3 is 0 Å². The first-order valence-electron chi connectivity index (χ1n) is 6.46. The van der Waals surface area contributed by atoms with E-state index in [1.165, 1.54) is 0 Å². The van der Waals surface area contributed by atoms with Gasteiger partial charge in [0.2, 0.25) is 4.96 Å². The van der Waals surface area contributed by atoms with Crippen molar-refractivity contribution in [3.63, 3.8) is 0 Å². The Labute approximate surface area is 126 Å². The summed E-state index contributed by atoms with van der Waals surface area (Å²) in [7, 11) is 0. The molecule has 0 spiro atoms. The molecule has 3 rings (SSSR count). The van der Waals surface area contributed by atoms with Gasteiger partial charge in [-0.3, -0.25) is 4.79 Å². The third-order valence-corrected chi connectivity index (χ3v) is 4.10. The highest BCUT2D eigenvalue weighted by atomic mass is 32.1. The minimum absolute atomic E-state index is 0.0746. The molecule has 0 unspecified atom stereocenters. The highest BCUT2D eigenvalue weighted by Crippen LogP contribution is 2.29. The molecule has 0 saturated carbocycles. The number of fused-ring (bicyclic) bond motifs is 1. The molecule has 2 aromatic heterocycles. The number of nitrogens with zero attached hydrogens (tertiary/aromatic N) is 3. The maximum atomic E-state index is 12.7. The molecule has 0 aliphatic heterocycles. The van der Waals surface area contributed by atoms with Gasteiger partial charge in [-0.25, -0.2) is 4.98 Å². The molecule has 0 amide bonds. The van der Waals surface area contributed by atoms with Crippen molar-refractivity contribution in [2.75, 3.05) is 0 Å². The second kappa shape index (κ2) is 5.20. The molecule has 2 heterocycles. The minimum atomic E-state index is -4.65. The number of aryl methyl sites for hydroxylation is 1. The van der Waals surface area contributed by atoms with E-state index < -0.39 is 17.4 Å². The molecule has 0 aliphatic rings. The third-order valence-electron chi connectivity index (χ3n) is 3.14. The second-order valence-electron chi connectivity index (χ2n) is 4.63. The first-order valence-corrected chi connectivity index (χ1v) is 7.27. The molecular formula is C14H10F3N3OS. The number of rotatable bonds is 2. The lowest BCUT2D eigenvalue weighted by atomic mass is 10.1. The minimum Gasteiger partial charge on any atom is -0.267 e. The molecule has 0 atom stereocenters. The predicted molar refractivity (Wildman–Crippen MR) is 77.0 cm³/mol. The summed E-state index contributed by atoms with van der Waals surface area (Å²) < 4.78 is 38.9. The van der Waals surface area contributed by atoms with Crippen LogP contribution in [0.3, 0.4) is 0 Å². The third kappa shape index (κ3) is 2.61. The van der Waals surface area contributed by atoms with Gasteiger partial charge in [0.25, 0.3) is 5.56 Å². The molecule has 3 aromatic rings. The van der Waals surface area contributed by atoms with Crippen LogP contribution in [0.25, 0.3) is 15.5 Å². The van der Waals surface area contributed by atoms with Gasteiger partial charge in [-0.2, -0.15) is 22.8 Å². The van der Waals surface area contributed by atoms with Crippen LogP contribution in [-0.2, 0) is 12.6 Å². The van der Waals surface area contributed by atoms with Crippen molar-refractivity contribution in [1.82, 2.24) is 14.6 Å².